The monoisotopic (exact) mass is 285 g/mol. The maximum Gasteiger partial charge on any atom is 0.353 e. The second-order valence-corrected chi connectivity index (χ2v) is 6.16. The van der Waals surface area contributed by atoms with E-state index >= 15 is 0 Å². The molecule has 2 saturated heterocycles. The molecular formula is C12H15NO5S. The van der Waals surface area contributed by atoms with Crippen molar-refractivity contribution in [1.29, 1.82) is 0 Å². The number of thioether (sulfide) groups is 1. The molecule has 0 spiro atoms. The van der Waals surface area contributed by atoms with Crippen LogP contribution in [0.15, 0.2) is 10.6 Å². The lowest BCUT2D eigenvalue weighted by molar-refractivity contribution is -0.156. The molecule has 0 aromatic heterocycles. The van der Waals surface area contributed by atoms with Gasteiger partial charge in [0, 0.05) is 11.5 Å². The molecule has 0 aromatic carbocycles. The van der Waals surface area contributed by atoms with Crippen molar-refractivity contribution in [3.05, 3.63) is 10.6 Å². The average Bonchev–Trinajstić information content (AvgIpc) is 2.92. The van der Waals surface area contributed by atoms with Crippen LogP contribution in [-0.2, 0) is 14.3 Å². The molecule has 104 valence electrons. The van der Waals surface area contributed by atoms with E-state index in [0.717, 1.165) is 12.8 Å². The molecule has 0 unspecified atom stereocenters. The van der Waals surface area contributed by atoms with Crippen molar-refractivity contribution in [3.8, 4) is 0 Å². The molecule has 0 aliphatic carbocycles. The number of hydrogen-bond acceptors (Lipinski definition) is 5. The number of fused-ring (bicyclic) bond motifs is 1. The summed E-state index contributed by atoms with van der Waals surface area (Å²) in [7, 11) is 0. The van der Waals surface area contributed by atoms with Crippen LogP contribution in [0.1, 0.15) is 19.8 Å². The van der Waals surface area contributed by atoms with Crippen molar-refractivity contribution in [1.82, 2.24) is 4.90 Å². The number of ether oxygens (including phenoxy) is 1. The van der Waals surface area contributed by atoms with Crippen molar-refractivity contribution in [2.24, 2.45) is 5.92 Å². The summed E-state index contributed by atoms with van der Waals surface area (Å²) in [5.41, 5.74) is 0.0452. The highest BCUT2D eigenvalue weighted by atomic mass is 32.2. The van der Waals surface area contributed by atoms with Gasteiger partial charge in [-0.05, 0) is 19.8 Å². The van der Waals surface area contributed by atoms with Crippen molar-refractivity contribution >= 4 is 23.6 Å². The molecule has 3 aliphatic heterocycles. The van der Waals surface area contributed by atoms with Gasteiger partial charge in [-0.3, -0.25) is 9.69 Å². The summed E-state index contributed by atoms with van der Waals surface area (Å²) in [4.78, 5) is 25.3. The molecule has 2 fully saturated rings. The number of aliphatic hydroxyl groups is 1. The van der Waals surface area contributed by atoms with Crippen LogP contribution in [-0.4, -0.2) is 51.2 Å². The third-order valence-electron chi connectivity index (χ3n) is 3.75. The first-order chi connectivity index (χ1) is 9.02. The molecule has 0 radical (unpaired) electrons. The Morgan fingerprint density at radius 2 is 2.32 bits per heavy atom. The van der Waals surface area contributed by atoms with Gasteiger partial charge in [0.15, 0.2) is 0 Å². The molecule has 3 rings (SSSR count). The molecule has 19 heavy (non-hydrogen) atoms. The number of carbonyl (C=O) groups is 2. The minimum atomic E-state index is -1.10. The fourth-order valence-corrected chi connectivity index (χ4v) is 4.52. The number of carboxylic acid groups (broad SMARTS) is 1. The third kappa shape index (κ3) is 1.79. The van der Waals surface area contributed by atoms with Gasteiger partial charge >= 0.3 is 5.97 Å². The molecule has 3 heterocycles. The van der Waals surface area contributed by atoms with E-state index < -0.39 is 18.0 Å². The molecule has 4 atom stereocenters. The minimum absolute atomic E-state index is 0.0452. The lowest BCUT2D eigenvalue weighted by Gasteiger charge is -2.43. The zero-order valence-corrected chi connectivity index (χ0v) is 11.2. The zero-order chi connectivity index (χ0) is 13.7. The fourth-order valence-electron chi connectivity index (χ4n) is 2.82. The fraction of sp³-hybridized carbons (Fsp3) is 0.667. The highest BCUT2D eigenvalue weighted by molar-refractivity contribution is 8.04. The smallest absolute Gasteiger partial charge is 0.353 e. The first-order valence-electron chi connectivity index (χ1n) is 6.29. The molecule has 0 bridgehead atoms. The summed E-state index contributed by atoms with van der Waals surface area (Å²) in [6.07, 6.45) is 0.706. The lowest BCUT2D eigenvalue weighted by atomic mass is 9.92. The number of carboxylic acids is 1. The lowest BCUT2D eigenvalue weighted by Crippen LogP contribution is -2.60. The van der Waals surface area contributed by atoms with Gasteiger partial charge in [-0.2, -0.15) is 0 Å². The van der Waals surface area contributed by atoms with E-state index in [1.54, 1.807) is 6.92 Å². The number of amides is 1. The predicted octanol–water partition coefficient (Wildman–Crippen LogP) is 0.374. The van der Waals surface area contributed by atoms with E-state index in [-0.39, 0.29) is 23.1 Å². The van der Waals surface area contributed by atoms with Gasteiger partial charge in [-0.15, -0.1) is 0 Å². The highest BCUT2D eigenvalue weighted by Gasteiger charge is 2.58. The molecule has 1 amide bonds. The topological polar surface area (TPSA) is 87.1 Å². The molecule has 2 N–H and O–H groups in total. The largest absolute Gasteiger partial charge is 0.477 e. The van der Waals surface area contributed by atoms with E-state index in [0.29, 0.717) is 11.5 Å². The third-order valence-corrected chi connectivity index (χ3v) is 5.21. The van der Waals surface area contributed by atoms with Crippen LogP contribution in [0, 0.1) is 5.92 Å². The van der Waals surface area contributed by atoms with Crippen LogP contribution >= 0.6 is 11.8 Å². The molecular weight excluding hydrogens is 270 g/mol. The first-order valence-corrected chi connectivity index (χ1v) is 7.17. The maximum atomic E-state index is 12.0. The van der Waals surface area contributed by atoms with Gasteiger partial charge in [0.1, 0.15) is 11.1 Å². The maximum absolute atomic E-state index is 12.0. The summed E-state index contributed by atoms with van der Waals surface area (Å²) < 4.78 is 5.53. The zero-order valence-electron chi connectivity index (χ0n) is 10.4. The number of aliphatic hydroxyl groups excluding tert-OH is 1. The Morgan fingerprint density at radius 1 is 1.58 bits per heavy atom. The predicted molar refractivity (Wildman–Crippen MR) is 67.0 cm³/mol. The van der Waals surface area contributed by atoms with Gasteiger partial charge in [-0.1, -0.05) is 11.8 Å². The Balaban J connectivity index is 1.91. The standard InChI is InChI=1S/C12H15NO5S/c1-5(14)7-10(15)13-8(12(16)17)9(19-11(7)13)6-3-2-4-18-6/h5-7,11,14H,2-4H2,1H3,(H,16,17)/t5-,6-,7-,11-/m1/s1. The first kappa shape index (κ1) is 13.0. The number of nitrogens with zero attached hydrogens (tertiary/aromatic N) is 1. The summed E-state index contributed by atoms with van der Waals surface area (Å²) in [6, 6.07) is 0. The summed E-state index contributed by atoms with van der Waals surface area (Å²) in [5.74, 6) is -1.92. The molecule has 3 aliphatic rings. The Bertz CT molecular complexity index is 469. The molecule has 0 aromatic rings. The van der Waals surface area contributed by atoms with E-state index in [1.807, 2.05) is 0 Å². The normalized spacial score (nSPS) is 35.4. The minimum Gasteiger partial charge on any atom is -0.477 e. The number of hydrogen-bond donors (Lipinski definition) is 2. The van der Waals surface area contributed by atoms with E-state index in [4.69, 9.17) is 4.74 Å². The van der Waals surface area contributed by atoms with Gasteiger partial charge in [-0.25, -0.2) is 4.79 Å². The second-order valence-electron chi connectivity index (χ2n) is 5.00. The van der Waals surface area contributed by atoms with Gasteiger partial charge < -0.3 is 14.9 Å². The van der Waals surface area contributed by atoms with Crippen LogP contribution < -0.4 is 0 Å². The van der Waals surface area contributed by atoms with Crippen molar-refractivity contribution in [2.45, 2.75) is 37.3 Å². The van der Waals surface area contributed by atoms with Crippen LogP contribution in [0.4, 0.5) is 0 Å². The second kappa shape index (κ2) is 4.50. The van der Waals surface area contributed by atoms with Crippen molar-refractivity contribution < 1.29 is 24.5 Å². The van der Waals surface area contributed by atoms with Gasteiger partial charge in [0.05, 0.1) is 18.1 Å². The molecule has 0 saturated carbocycles. The van der Waals surface area contributed by atoms with Crippen LogP contribution in [0.5, 0.6) is 0 Å². The highest BCUT2D eigenvalue weighted by Crippen LogP contribution is 2.52. The molecule has 7 heteroatoms. The van der Waals surface area contributed by atoms with Crippen LogP contribution in [0.25, 0.3) is 0 Å². The van der Waals surface area contributed by atoms with Crippen LogP contribution in [0.2, 0.25) is 0 Å². The SMILES string of the molecule is C[C@@H](O)[C@@H]1C(=O)N2C(C(=O)O)=C([C@H]3CCCO3)S[C@H]12. The Morgan fingerprint density at radius 3 is 2.84 bits per heavy atom. The summed E-state index contributed by atoms with van der Waals surface area (Å²) >= 11 is 1.35. The molecule has 6 nitrogen and oxygen atoms in total. The van der Waals surface area contributed by atoms with Crippen molar-refractivity contribution in [2.75, 3.05) is 6.61 Å². The number of aliphatic carboxylic acids is 1. The number of carbonyl (C=O) groups excluding carboxylic acids is 1. The average molecular weight is 285 g/mol. The van der Waals surface area contributed by atoms with E-state index in [1.165, 1.54) is 16.7 Å². The Hall–Kier alpha value is -1.05. The summed E-state index contributed by atoms with van der Waals surface area (Å²) in [5, 5.41) is 18.6. The van der Waals surface area contributed by atoms with Gasteiger partial charge in [0.25, 0.3) is 0 Å². The van der Waals surface area contributed by atoms with Crippen molar-refractivity contribution in [3.63, 3.8) is 0 Å². The van der Waals surface area contributed by atoms with E-state index in [2.05, 4.69) is 0 Å². The van der Waals surface area contributed by atoms with Gasteiger partial charge in [0.2, 0.25) is 5.91 Å². The number of β-lactam (4-membered cyclic amide) rings is 1. The van der Waals surface area contributed by atoms with E-state index in [9.17, 15) is 19.8 Å². The number of rotatable bonds is 3. The Labute approximate surface area is 114 Å². The van der Waals surface area contributed by atoms with Crippen LogP contribution in [0.3, 0.4) is 0 Å². The Kier molecular flexibility index (Phi) is 3.07. The summed E-state index contributed by atoms with van der Waals surface area (Å²) in [6.45, 7) is 2.19. The quantitative estimate of drug-likeness (QED) is 0.729.